The van der Waals surface area contributed by atoms with Crippen LogP contribution in [0, 0.1) is 0 Å². The van der Waals surface area contributed by atoms with Gasteiger partial charge in [0.25, 0.3) is 0 Å². The average Bonchev–Trinajstić information content (AvgIpc) is 3.11. The molecule has 148 valence electrons. The van der Waals surface area contributed by atoms with Gasteiger partial charge in [-0.05, 0) is 49.7 Å². The fourth-order valence-electron chi connectivity index (χ4n) is 2.92. The summed E-state index contributed by atoms with van der Waals surface area (Å²) in [5.41, 5.74) is 2.97. The molecule has 0 bridgehead atoms. The number of rotatable bonds is 9. The van der Waals surface area contributed by atoms with Gasteiger partial charge in [0.15, 0.2) is 5.13 Å². The van der Waals surface area contributed by atoms with Crippen molar-refractivity contribution in [3.05, 3.63) is 47.3 Å². The maximum absolute atomic E-state index is 5.55. The number of aromatic nitrogens is 1. The quantitative estimate of drug-likeness (QED) is 0.485. The third kappa shape index (κ3) is 4.57. The van der Waals surface area contributed by atoms with E-state index in [0.717, 1.165) is 46.4 Å². The highest BCUT2D eigenvalue weighted by molar-refractivity contribution is 7.16. The predicted molar refractivity (Wildman–Crippen MR) is 116 cm³/mol. The molecule has 0 radical (unpaired) electrons. The second-order valence-electron chi connectivity index (χ2n) is 6.19. The van der Waals surface area contributed by atoms with Gasteiger partial charge in [0.05, 0.1) is 32.2 Å². The first-order chi connectivity index (χ1) is 13.7. The Kier molecular flexibility index (Phi) is 6.76. The monoisotopic (exact) mass is 398 g/mol. The van der Waals surface area contributed by atoms with Crippen molar-refractivity contribution in [2.45, 2.75) is 26.7 Å². The highest BCUT2D eigenvalue weighted by Gasteiger charge is 2.14. The Balaban J connectivity index is 1.90. The van der Waals surface area contributed by atoms with Gasteiger partial charge in [-0.15, -0.1) is 11.3 Å². The lowest BCUT2D eigenvalue weighted by Gasteiger charge is -2.10. The fraction of sp³-hybridized carbons (Fsp3) is 0.318. The van der Waals surface area contributed by atoms with Crippen molar-refractivity contribution in [1.29, 1.82) is 0 Å². The molecule has 0 aliphatic heterocycles. The van der Waals surface area contributed by atoms with E-state index in [9.17, 15) is 0 Å². The molecule has 0 fully saturated rings. The van der Waals surface area contributed by atoms with Crippen LogP contribution in [0.3, 0.4) is 0 Å². The van der Waals surface area contributed by atoms with Crippen molar-refractivity contribution in [2.24, 2.45) is 0 Å². The van der Waals surface area contributed by atoms with Crippen LogP contribution >= 0.6 is 11.3 Å². The Bertz CT molecular complexity index is 907. The lowest BCUT2D eigenvalue weighted by atomic mass is 10.1. The standard InChI is InChI=1S/C22H26N2O3S/c1-5-7-20-21(15-8-10-16(11-9-15)27-6-2)24-22(28-20)23-18-13-12-17(25-3)14-19(18)26-4/h8-14H,5-7H2,1-4H3,(H,23,24). The number of methoxy groups -OCH3 is 2. The van der Waals surface area contributed by atoms with Crippen LogP contribution in [0.4, 0.5) is 10.8 Å². The molecule has 0 atom stereocenters. The number of hydrogen-bond acceptors (Lipinski definition) is 6. The zero-order valence-corrected chi connectivity index (χ0v) is 17.6. The maximum atomic E-state index is 5.55. The van der Waals surface area contributed by atoms with Gasteiger partial charge >= 0.3 is 0 Å². The van der Waals surface area contributed by atoms with Crippen LogP contribution in [-0.4, -0.2) is 25.8 Å². The van der Waals surface area contributed by atoms with Gasteiger partial charge in [-0.25, -0.2) is 4.98 Å². The van der Waals surface area contributed by atoms with Crippen LogP contribution in [0.15, 0.2) is 42.5 Å². The molecule has 0 saturated carbocycles. The van der Waals surface area contributed by atoms with Crippen molar-refractivity contribution in [1.82, 2.24) is 4.98 Å². The third-order valence-corrected chi connectivity index (χ3v) is 5.29. The van der Waals surface area contributed by atoms with E-state index in [2.05, 4.69) is 24.4 Å². The van der Waals surface area contributed by atoms with Crippen LogP contribution < -0.4 is 19.5 Å². The summed E-state index contributed by atoms with van der Waals surface area (Å²) in [6.07, 6.45) is 2.05. The summed E-state index contributed by atoms with van der Waals surface area (Å²) in [6, 6.07) is 13.8. The molecule has 1 aromatic heterocycles. The zero-order chi connectivity index (χ0) is 19.9. The zero-order valence-electron chi connectivity index (χ0n) is 16.7. The van der Waals surface area contributed by atoms with Gasteiger partial charge in [-0.1, -0.05) is 13.3 Å². The molecule has 28 heavy (non-hydrogen) atoms. The largest absolute Gasteiger partial charge is 0.497 e. The molecule has 1 heterocycles. The molecule has 0 saturated heterocycles. The molecular weight excluding hydrogens is 372 g/mol. The molecule has 3 rings (SSSR count). The van der Waals surface area contributed by atoms with Gasteiger partial charge in [-0.3, -0.25) is 0 Å². The fourth-order valence-corrected chi connectivity index (χ4v) is 4.02. The summed E-state index contributed by atoms with van der Waals surface area (Å²) in [7, 11) is 3.29. The van der Waals surface area contributed by atoms with Crippen molar-refractivity contribution in [2.75, 3.05) is 26.1 Å². The van der Waals surface area contributed by atoms with Gasteiger partial charge in [0, 0.05) is 16.5 Å². The van der Waals surface area contributed by atoms with Crippen LogP contribution in [0.2, 0.25) is 0 Å². The molecule has 0 spiro atoms. The van der Waals surface area contributed by atoms with Gasteiger partial charge in [-0.2, -0.15) is 0 Å². The number of aryl methyl sites for hydroxylation is 1. The smallest absolute Gasteiger partial charge is 0.188 e. The summed E-state index contributed by atoms with van der Waals surface area (Å²) < 4.78 is 16.3. The van der Waals surface area contributed by atoms with E-state index in [0.29, 0.717) is 12.4 Å². The highest BCUT2D eigenvalue weighted by atomic mass is 32.1. The molecule has 0 aliphatic rings. The average molecular weight is 399 g/mol. The summed E-state index contributed by atoms with van der Waals surface area (Å²) >= 11 is 1.68. The highest BCUT2D eigenvalue weighted by Crippen LogP contribution is 2.37. The van der Waals surface area contributed by atoms with Crippen LogP contribution in [0.1, 0.15) is 25.1 Å². The van der Waals surface area contributed by atoms with Crippen molar-refractivity contribution >= 4 is 22.2 Å². The molecule has 1 N–H and O–H groups in total. The van der Waals surface area contributed by atoms with E-state index >= 15 is 0 Å². The summed E-state index contributed by atoms with van der Waals surface area (Å²) in [5.74, 6) is 2.34. The first-order valence-corrected chi connectivity index (χ1v) is 10.2. The molecule has 0 unspecified atom stereocenters. The van der Waals surface area contributed by atoms with E-state index in [-0.39, 0.29) is 0 Å². The van der Waals surface area contributed by atoms with Gasteiger partial charge in [0.2, 0.25) is 0 Å². The van der Waals surface area contributed by atoms with E-state index < -0.39 is 0 Å². The number of thiazole rings is 1. The topological polar surface area (TPSA) is 52.6 Å². The first-order valence-electron chi connectivity index (χ1n) is 9.40. The number of nitrogens with one attached hydrogen (secondary N) is 1. The number of anilines is 2. The Labute approximate surface area is 170 Å². The normalized spacial score (nSPS) is 10.6. The van der Waals surface area contributed by atoms with Crippen LogP contribution in [-0.2, 0) is 6.42 Å². The van der Waals surface area contributed by atoms with Gasteiger partial charge < -0.3 is 19.5 Å². The van der Waals surface area contributed by atoms with E-state index in [1.165, 1.54) is 4.88 Å². The van der Waals surface area contributed by atoms with Crippen molar-refractivity contribution in [3.8, 4) is 28.5 Å². The lowest BCUT2D eigenvalue weighted by molar-refractivity contribution is 0.340. The second kappa shape index (κ2) is 9.46. The van der Waals surface area contributed by atoms with Crippen LogP contribution in [0.5, 0.6) is 17.2 Å². The Morgan fingerprint density at radius 1 is 0.964 bits per heavy atom. The van der Waals surface area contributed by atoms with E-state index in [4.69, 9.17) is 19.2 Å². The van der Waals surface area contributed by atoms with Crippen molar-refractivity contribution in [3.63, 3.8) is 0 Å². The molecular formula is C22H26N2O3S. The maximum Gasteiger partial charge on any atom is 0.188 e. The Morgan fingerprint density at radius 3 is 2.36 bits per heavy atom. The minimum absolute atomic E-state index is 0.662. The second-order valence-corrected chi connectivity index (χ2v) is 7.27. The number of hydrogen-bond donors (Lipinski definition) is 1. The van der Waals surface area contributed by atoms with Gasteiger partial charge in [0.1, 0.15) is 17.2 Å². The predicted octanol–water partition coefficient (Wildman–Crippen LogP) is 5.92. The summed E-state index contributed by atoms with van der Waals surface area (Å²) in [5, 5.41) is 4.24. The summed E-state index contributed by atoms with van der Waals surface area (Å²) in [6.45, 7) is 4.83. The van der Waals surface area contributed by atoms with E-state index in [1.807, 2.05) is 37.3 Å². The molecule has 2 aromatic carbocycles. The SMILES string of the molecule is CCCc1sc(Nc2ccc(OC)cc2OC)nc1-c1ccc(OCC)cc1. The molecule has 5 nitrogen and oxygen atoms in total. The van der Waals surface area contributed by atoms with E-state index in [1.54, 1.807) is 25.6 Å². The molecule has 0 aliphatic carbocycles. The molecule has 3 aromatic rings. The number of nitrogens with zero attached hydrogens (tertiary/aromatic N) is 1. The van der Waals surface area contributed by atoms with Crippen LogP contribution in [0.25, 0.3) is 11.3 Å². The minimum Gasteiger partial charge on any atom is -0.497 e. The molecule has 6 heteroatoms. The minimum atomic E-state index is 0.662. The first kappa shape index (κ1) is 20.0. The lowest BCUT2D eigenvalue weighted by Crippen LogP contribution is -1.95. The number of benzene rings is 2. The Hall–Kier alpha value is -2.73. The third-order valence-electron chi connectivity index (χ3n) is 4.26. The summed E-state index contributed by atoms with van der Waals surface area (Å²) in [4.78, 5) is 6.13. The Morgan fingerprint density at radius 2 is 1.71 bits per heavy atom. The number of ether oxygens (including phenoxy) is 3. The molecule has 0 amide bonds. The van der Waals surface area contributed by atoms with Crippen molar-refractivity contribution < 1.29 is 14.2 Å².